The number of hydrogen-bond donors (Lipinski definition) is 2. The van der Waals surface area contributed by atoms with Crippen molar-refractivity contribution in [1.29, 1.82) is 0 Å². The Kier molecular flexibility index (Phi) is 8.56. The summed E-state index contributed by atoms with van der Waals surface area (Å²) in [6.07, 6.45) is 2.05. The zero-order valence-corrected chi connectivity index (χ0v) is 16.1. The maximum atomic E-state index is 11.8. The molecule has 6 heteroatoms. The number of amides is 1. The van der Waals surface area contributed by atoms with E-state index in [1.54, 1.807) is 12.1 Å². The molecule has 0 saturated carbocycles. The normalized spacial score (nSPS) is 10.7. The molecule has 25 heavy (non-hydrogen) atoms. The first-order valence-electron chi connectivity index (χ1n) is 8.20. The van der Waals surface area contributed by atoms with Crippen LogP contribution in [0.3, 0.4) is 0 Å². The van der Waals surface area contributed by atoms with Gasteiger partial charge in [-0.25, -0.2) is 0 Å². The lowest BCUT2D eigenvalue weighted by Gasteiger charge is -2.08. The van der Waals surface area contributed by atoms with E-state index in [0.29, 0.717) is 36.0 Å². The topological polar surface area (TPSA) is 41.1 Å². The second kappa shape index (κ2) is 10.7. The monoisotopic (exact) mass is 398 g/mol. The van der Waals surface area contributed by atoms with Gasteiger partial charge in [0.25, 0.3) is 0 Å². The maximum absolute atomic E-state index is 11.8. The highest BCUT2D eigenvalue weighted by atomic mass is 35.5. The number of benzene rings is 2. The molecule has 0 aliphatic rings. The number of rotatable bonds is 9. The number of hydrogen-bond acceptors (Lipinski definition) is 2. The molecule has 2 aromatic carbocycles. The van der Waals surface area contributed by atoms with Gasteiger partial charge >= 0.3 is 0 Å². The molecule has 0 heterocycles. The summed E-state index contributed by atoms with van der Waals surface area (Å²) < 4.78 is 0. The molecular weight excluding hydrogens is 379 g/mol. The van der Waals surface area contributed by atoms with Crippen LogP contribution in [0.1, 0.15) is 17.5 Å². The summed E-state index contributed by atoms with van der Waals surface area (Å²) in [5, 5.41) is 8.16. The van der Waals surface area contributed by atoms with Gasteiger partial charge < -0.3 is 10.6 Å². The Morgan fingerprint density at radius 3 is 2.28 bits per heavy atom. The molecular formula is C19H21Cl3N2O. The third kappa shape index (κ3) is 7.66. The van der Waals surface area contributed by atoms with Crippen LogP contribution in [0.2, 0.25) is 15.1 Å². The third-order valence-corrected chi connectivity index (χ3v) is 4.60. The molecule has 3 nitrogen and oxygen atoms in total. The van der Waals surface area contributed by atoms with E-state index in [-0.39, 0.29) is 5.91 Å². The van der Waals surface area contributed by atoms with Gasteiger partial charge in [-0.3, -0.25) is 4.79 Å². The molecule has 0 unspecified atom stereocenters. The molecule has 0 spiro atoms. The van der Waals surface area contributed by atoms with Crippen molar-refractivity contribution in [2.24, 2.45) is 0 Å². The van der Waals surface area contributed by atoms with Crippen LogP contribution in [0.4, 0.5) is 0 Å². The van der Waals surface area contributed by atoms with E-state index in [1.165, 1.54) is 5.56 Å². The fourth-order valence-electron chi connectivity index (χ4n) is 2.36. The molecule has 0 aliphatic heterocycles. The van der Waals surface area contributed by atoms with Crippen molar-refractivity contribution < 1.29 is 4.79 Å². The average Bonchev–Trinajstić information content (AvgIpc) is 2.58. The smallest absolute Gasteiger partial charge is 0.221 e. The summed E-state index contributed by atoms with van der Waals surface area (Å²) in [5.41, 5.74) is 2.20. The van der Waals surface area contributed by atoms with Gasteiger partial charge in [-0.05, 0) is 54.8 Å². The highest BCUT2D eigenvalue weighted by molar-refractivity contribution is 6.35. The maximum Gasteiger partial charge on any atom is 0.221 e. The lowest BCUT2D eigenvalue weighted by atomic mass is 10.1. The second-order valence-electron chi connectivity index (χ2n) is 5.71. The number of carbonyl (C=O) groups excluding carboxylic acids is 1. The first kappa shape index (κ1) is 20.1. The van der Waals surface area contributed by atoms with Crippen molar-refractivity contribution in [2.75, 3.05) is 19.6 Å². The molecule has 0 bridgehead atoms. The van der Waals surface area contributed by atoms with Gasteiger partial charge in [0.15, 0.2) is 0 Å². The Bertz CT molecular complexity index is 690. The fraction of sp³-hybridized carbons (Fsp3) is 0.316. The van der Waals surface area contributed by atoms with Crippen LogP contribution in [-0.4, -0.2) is 25.5 Å². The van der Waals surface area contributed by atoms with Gasteiger partial charge in [-0.1, -0.05) is 53.0 Å². The molecule has 1 amide bonds. The van der Waals surface area contributed by atoms with Crippen LogP contribution >= 0.6 is 34.8 Å². The molecule has 0 aliphatic carbocycles. The fourth-order valence-corrected chi connectivity index (χ4v) is 2.99. The Labute approximate surface area is 163 Å². The highest BCUT2D eigenvalue weighted by Crippen LogP contribution is 2.21. The molecule has 0 atom stereocenters. The Morgan fingerprint density at radius 2 is 1.56 bits per heavy atom. The number of halogens is 3. The minimum Gasteiger partial charge on any atom is -0.356 e. The molecule has 0 fully saturated rings. The van der Waals surface area contributed by atoms with Crippen LogP contribution in [0, 0.1) is 0 Å². The van der Waals surface area contributed by atoms with E-state index in [1.807, 2.05) is 30.3 Å². The van der Waals surface area contributed by atoms with E-state index in [9.17, 15) is 4.79 Å². The van der Waals surface area contributed by atoms with Crippen LogP contribution in [-0.2, 0) is 17.6 Å². The Balaban J connectivity index is 1.55. The number of nitrogens with one attached hydrogen (secondary N) is 2. The van der Waals surface area contributed by atoms with Crippen molar-refractivity contribution in [3.05, 3.63) is 68.7 Å². The van der Waals surface area contributed by atoms with E-state index in [2.05, 4.69) is 10.6 Å². The van der Waals surface area contributed by atoms with Crippen molar-refractivity contribution in [2.45, 2.75) is 19.3 Å². The quantitative estimate of drug-likeness (QED) is 0.608. The molecule has 2 rings (SSSR count). The standard InChI is InChI=1S/C19H21Cl3N2O/c20-16-4-1-14(2-5-16)7-10-23-11-9-19(25)24-12-8-15-3-6-17(21)13-18(15)22/h1-6,13,23H,7-12H2,(H,24,25). The molecule has 0 saturated heterocycles. The summed E-state index contributed by atoms with van der Waals surface area (Å²) in [5.74, 6) is 0.0316. The van der Waals surface area contributed by atoms with Crippen LogP contribution in [0.5, 0.6) is 0 Å². The molecule has 134 valence electrons. The van der Waals surface area contributed by atoms with Crippen molar-refractivity contribution in [1.82, 2.24) is 10.6 Å². The van der Waals surface area contributed by atoms with Gasteiger partial charge in [0.05, 0.1) is 0 Å². The lowest BCUT2D eigenvalue weighted by molar-refractivity contribution is -0.120. The zero-order chi connectivity index (χ0) is 18.1. The molecule has 0 aromatic heterocycles. The van der Waals surface area contributed by atoms with Gasteiger partial charge in [-0.2, -0.15) is 0 Å². The van der Waals surface area contributed by atoms with Crippen LogP contribution in [0.25, 0.3) is 0 Å². The predicted octanol–water partition coefficient (Wildman–Crippen LogP) is 4.53. The van der Waals surface area contributed by atoms with Gasteiger partial charge in [-0.15, -0.1) is 0 Å². The Hall–Kier alpha value is -1.26. The van der Waals surface area contributed by atoms with Crippen molar-refractivity contribution in [3.8, 4) is 0 Å². The number of carbonyl (C=O) groups is 1. The SMILES string of the molecule is O=C(CCNCCc1ccc(Cl)cc1)NCCc1ccc(Cl)cc1Cl. The van der Waals surface area contributed by atoms with E-state index >= 15 is 0 Å². The minimum atomic E-state index is 0.0316. The average molecular weight is 400 g/mol. The molecule has 2 aromatic rings. The van der Waals surface area contributed by atoms with Gasteiger partial charge in [0.2, 0.25) is 5.91 Å². The van der Waals surface area contributed by atoms with E-state index in [4.69, 9.17) is 34.8 Å². The molecule has 0 radical (unpaired) electrons. The van der Waals surface area contributed by atoms with E-state index in [0.717, 1.165) is 23.6 Å². The van der Waals surface area contributed by atoms with E-state index < -0.39 is 0 Å². The van der Waals surface area contributed by atoms with Gasteiger partial charge in [0, 0.05) is 34.6 Å². The minimum absolute atomic E-state index is 0.0316. The highest BCUT2D eigenvalue weighted by Gasteiger charge is 2.04. The summed E-state index contributed by atoms with van der Waals surface area (Å²) in [6.45, 7) is 2.04. The van der Waals surface area contributed by atoms with Crippen LogP contribution in [0.15, 0.2) is 42.5 Å². The zero-order valence-electron chi connectivity index (χ0n) is 13.8. The summed E-state index contributed by atoms with van der Waals surface area (Å²) >= 11 is 17.8. The third-order valence-electron chi connectivity index (χ3n) is 3.76. The van der Waals surface area contributed by atoms with Crippen molar-refractivity contribution in [3.63, 3.8) is 0 Å². The largest absolute Gasteiger partial charge is 0.356 e. The second-order valence-corrected chi connectivity index (χ2v) is 6.99. The first-order chi connectivity index (χ1) is 12.0. The van der Waals surface area contributed by atoms with Crippen LogP contribution < -0.4 is 10.6 Å². The molecule has 2 N–H and O–H groups in total. The predicted molar refractivity (Wildman–Crippen MR) is 106 cm³/mol. The summed E-state index contributed by atoms with van der Waals surface area (Å²) in [7, 11) is 0. The lowest BCUT2D eigenvalue weighted by Crippen LogP contribution is -2.29. The summed E-state index contributed by atoms with van der Waals surface area (Å²) in [4.78, 5) is 11.8. The van der Waals surface area contributed by atoms with Gasteiger partial charge in [0.1, 0.15) is 0 Å². The first-order valence-corrected chi connectivity index (χ1v) is 9.34. The summed E-state index contributed by atoms with van der Waals surface area (Å²) in [6, 6.07) is 13.2. The van der Waals surface area contributed by atoms with Crippen molar-refractivity contribution >= 4 is 40.7 Å². The Morgan fingerprint density at radius 1 is 0.840 bits per heavy atom.